The number of nitriles is 1. The highest BCUT2D eigenvalue weighted by Gasteiger charge is 2.23. The minimum Gasteiger partial charge on any atom is -0.198 e. The Morgan fingerprint density at radius 2 is 1.64 bits per heavy atom. The topological polar surface area (TPSA) is 23.8 Å². The number of rotatable bonds is 6. The van der Waals surface area contributed by atoms with Gasteiger partial charge in [0.2, 0.25) is 0 Å². The molecule has 0 atom stereocenters. The first kappa shape index (κ1) is 13.2. The summed E-state index contributed by atoms with van der Waals surface area (Å²) in [6, 6.07) is 2.26. The van der Waals surface area contributed by atoms with E-state index < -0.39 is 0 Å². The second kappa shape index (κ2) is 5.20. The fraction of sp³-hybridized carbons (Fsp3) is 0.769. The van der Waals surface area contributed by atoms with Crippen LogP contribution in [0.25, 0.3) is 0 Å². The molecule has 0 spiro atoms. The molecule has 0 aromatic heterocycles. The van der Waals surface area contributed by atoms with Crippen molar-refractivity contribution in [2.24, 2.45) is 10.8 Å². The van der Waals surface area contributed by atoms with Crippen LogP contribution in [0.2, 0.25) is 0 Å². The number of hydrogen-bond donors (Lipinski definition) is 0. The predicted octanol–water partition coefficient (Wildman–Crippen LogP) is 4.31. The van der Waals surface area contributed by atoms with Crippen molar-refractivity contribution in [2.75, 3.05) is 0 Å². The number of nitrogens with zero attached hydrogens (tertiary/aromatic N) is 1. The minimum atomic E-state index is 0.160. The van der Waals surface area contributed by atoms with Gasteiger partial charge in [-0.05, 0) is 30.1 Å². The van der Waals surface area contributed by atoms with Gasteiger partial charge in [0, 0.05) is 6.42 Å². The van der Waals surface area contributed by atoms with E-state index in [9.17, 15) is 0 Å². The molecule has 0 fully saturated rings. The maximum Gasteiger partial charge on any atom is 0.0627 e. The third-order valence-electron chi connectivity index (χ3n) is 2.73. The van der Waals surface area contributed by atoms with Gasteiger partial charge in [-0.3, -0.25) is 0 Å². The molecule has 0 amide bonds. The molecule has 0 aromatic carbocycles. The van der Waals surface area contributed by atoms with Crippen LogP contribution in [0.15, 0.2) is 12.7 Å². The van der Waals surface area contributed by atoms with E-state index >= 15 is 0 Å². The molecule has 0 saturated carbocycles. The van der Waals surface area contributed by atoms with Crippen LogP contribution in [0.5, 0.6) is 0 Å². The van der Waals surface area contributed by atoms with E-state index in [2.05, 4.69) is 40.3 Å². The zero-order valence-corrected chi connectivity index (χ0v) is 10.1. The van der Waals surface area contributed by atoms with Crippen LogP contribution >= 0.6 is 0 Å². The summed E-state index contributed by atoms with van der Waals surface area (Å²) in [6.45, 7) is 12.6. The van der Waals surface area contributed by atoms with Gasteiger partial charge in [-0.2, -0.15) is 5.26 Å². The quantitative estimate of drug-likeness (QED) is 0.577. The fourth-order valence-corrected chi connectivity index (χ4v) is 1.47. The summed E-state index contributed by atoms with van der Waals surface area (Å²) in [7, 11) is 0. The van der Waals surface area contributed by atoms with Crippen molar-refractivity contribution in [2.45, 2.75) is 53.4 Å². The highest BCUT2D eigenvalue weighted by molar-refractivity contribution is 4.86. The smallest absolute Gasteiger partial charge is 0.0627 e. The van der Waals surface area contributed by atoms with Crippen molar-refractivity contribution in [3.8, 4) is 6.07 Å². The summed E-state index contributed by atoms with van der Waals surface area (Å²) in [5.41, 5.74) is 0.488. The molecule has 0 saturated heterocycles. The summed E-state index contributed by atoms with van der Waals surface area (Å²) < 4.78 is 0. The Bertz CT molecular complexity index is 218. The Morgan fingerprint density at radius 1 is 1.14 bits per heavy atom. The van der Waals surface area contributed by atoms with E-state index in [0.29, 0.717) is 11.8 Å². The normalized spacial score (nSPS) is 12.2. The highest BCUT2D eigenvalue weighted by Crippen LogP contribution is 2.34. The van der Waals surface area contributed by atoms with Crippen molar-refractivity contribution in [1.29, 1.82) is 5.26 Å². The second-order valence-corrected chi connectivity index (χ2v) is 5.66. The average molecular weight is 193 g/mol. The van der Waals surface area contributed by atoms with E-state index in [1.54, 1.807) is 0 Å². The second-order valence-electron chi connectivity index (χ2n) is 5.66. The molecule has 0 unspecified atom stereocenters. The van der Waals surface area contributed by atoms with Crippen LogP contribution in [-0.2, 0) is 0 Å². The van der Waals surface area contributed by atoms with Gasteiger partial charge in [-0.25, -0.2) is 0 Å². The SMILES string of the molecule is C=CCC(C)(C)CCC(C)(C)CC#N. The van der Waals surface area contributed by atoms with Gasteiger partial charge >= 0.3 is 0 Å². The molecular weight excluding hydrogens is 170 g/mol. The van der Waals surface area contributed by atoms with E-state index in [0.717, 1.165) is 19.3 Å². The molecule has 80 valence electrons. The van der Waals surface area contributed by atoms with Crippen LogP contribution in [0.3, 0.4) is 0 Å². The molecule has 0 aliphatic rings. The lowest BCUT2D eigenvalue weighted by atomic mass is 9.76. The van der Waals surface area contributed by atoms with E-state index in [4.69, 9.17) is 5.26 Å². The first-order valence-corrected chi connectivity index (χ1v) is 5.31. The minimum absolute atomic E-state index is 0.160. The Morgan fingerprint density at radius 3 is 2.07 bits per heavy atom. The molecule has 0 rings (SSSR count). The monoisotopic (exact) mass is 193 g/mol. The molecule has 0 bridgehead atoms. The zero-order chi connectivity index (χ0) is 11.2. The number of allylic oxidation sites excluding steroid dienone is 1. The van der Waals surface area contributed by atoms with Crippen molar-refractivity contribution < 1.29 is 0 Å². The molecule has 0 aromatic rings. The van der Waals surface area contributed by atoms with Gasteiger partial charge < -0.3 is 0 Å². The van der Waals surface area contributed by atoms with E-state index in [1.165, 1.54) is 0 Å². The lowest BCUT2D eigenvalue weighted by Gasteiger charge is -2.29. The summed E-state index contributed by atoms with van der Waals surface area (Å²) in [6.07, 6.45) is 5.96. The van der Waals surface area contributed by atoms with E-state index in [-0.39, 0.29) is 5.41 Å². The Balaban J connectivity index is 4.04. The summed E-state index contributed by atoms with van der Waals surface area (Å²) in [4.78, 5) is 0. The average Bonchev–Trinajstić information content (AvgIpc) is 2.01. The van der Waals surface area contributed by atoms with Crippen molar-refractivity contribution in [3.63, 3.8) is 0 Å². The van der Waals surface area contributed by atoms with Crippen molar-refractivity contribution in [3.05, 3.63) is 12.7 Å². The van der Waals surface area contributed by atoms with Crippen LogP contribution in [0.4, 0.5) is 0 Å². The third kappa shape index (κ3) is 5.80. The van der Waals surface area contributed by atoms with Gasteiger partial charge in [-0.1, -0.05) is 33.8 Å². The highest BCUT2D eigenvalue weighted by atomic mass is 14.3. The van der Waals surface area contributed by atoms with Crippen LogP contribution in [0, 0.1) is 22.2 Å². The standard InChI is InChI=1S/C13H23N/c1-6-7-12(2,3)8-9-13(4,5)10-11-14/h6H,1,7-10H2,2-5H3. The van der Waals surface area contributed by atoms with Crippen LogP contribution < -0.4 is 0 Å². The lowest BCUT2D eigenvalue weighted by Crippen LogP contribution is -2.17. The molecule has 1 nitrogen and oxygen atoms in total. The van der Waals surface area contributed by atoms with Gasteiger partial charge in [0.25, 0.3) is 0 Å². The molecule has 0 aliphatic carbocycles. The van der Waals surface area contributed by atoms with Crippen molar-refractivity contribution in [1.82, 2.24) is 0 Å². The Kier molecular flexibility index (Phi) is 4.91. The van der Waals surface area contributed by atoms with Crippen molar-refractivity contribution >= 4 is 0 Å². The molecule has 0 heterocycles. The molecule has 0 N–H and O–H groups in total. The molecule has 0 radical (unpaired) electrons. The predicted molar refractivity (Wildman–Crippen MR) is 61.8 cm³/mol. The van der Waals surface area contributed by atoms with E-state index in [1.807, 2.05) is 6.08 Å². The third-order valence-corrected chi connectivity index (χ3v) is 2.73. The molecule has 0 aliphatic heterocycles. The maximum atomic E-state index is 8.67. The number of hydrogen-bond acceptors (Lipinski definition) is 1. The Labute approximate surface area is 88.8 Å². The zero-order valence-electron chi connectivity index (χ0n) is 10.1. The van der Waals surface area contributed by atoms with Gasteiger partial charge in [0.1, 0.15) is 0 Å². The largest absolute Gasteiger partial charge is 0.198 e. The Hall–Kier alpha value is -0.770. The summed E-state index contributed by atoms with van der Waals surface area (Å²) in [5, 5.41) is 8.67. The van der Waals surface area contributed by atoms with Crippen LogP contribution in [0.1, 0.15) is 53.4 Å². The van der Waals surface area contributed by atoms with Crippen LogP contribution in [-0.4, -0.2) is 0 Å². The first-order chi connectivity index (χ1) is 6.33. The lowest BCUT2D eigenvalue weighted by molar-refractivity contribution is 0.244. The fourth-order valence-electron chi connectivity index (χ4n) is 1.47. The maximum absolute atomic E-state index is 8.67. The van der Waals surface area contributed by atoms with Gasteiger partial charge in [-0.15, -0.1) is 6.58 Å². The molecule has 14 heavy (non-hydrogen) atoms. The van der Waals surface area contributed by atoms with Gasteiger partial charge in [0.15, 0.2) is 0 Å². The first-order valence-electron chi connectivity index (χ1n) is 5.31. The molecular formula is C13H23N. The summed E-state index contributed by atoms with van der Waals surface area (Å²) >= 11 is 0. The van der Waals surface area contributed by atoms with Gasteiger partial charge in [0.05, 0.1) is 6.07 Å². The molecule has 1 heteroatoms. The summed E-state index contributed by atoms with van der Waals surface area (Å²) in [5.74, 6) is 0.